The molecule has 1 atom stereocenters. The molecule has 0 saturated heterocycles. The molecule has 108 valence electrons. The molecule has 0 aliphatic heterocycles. The molecule has 0 aromatic carbocycles. The lowest BCUT2D eigenvalue weighted by atomic mass is 10.1. The van der Waals surface area contributed by atoms with Crippen molar-refractivity contribution in [3.05, 3.63) is 27.9 Å². The van der Waals surface area contributed by atoms with E-state index < -0.39 is 10.5 Å². The number of nitriles is 1. The molecule has 1 aromatic rings. The van der Waals surface area contributed by atoms with Crippen LogP contribution >= 0.6 is 0 Å². The van der Waals surface area contributed by atoms with Crippen molar-refractivity contribution >= 4 is 11.5 Å². The molecule has 0 fully saturated rings. The fourth-order valence-corrected chi connectivity index (χ4v) is 1.87. The van der Waals surface area contributed by atoms with Crippen molar-refractivity contribution in [3.63, 3.8) is 0 Å². The summed E-state index contributed by atoms with van der Waals surface area (Å²) in [6, 6.07) is 3.03. The standard InChI is InChI=1S/C12H17N5O3/c1-12(18,8-16(2)3)7-15-11-10(17(19)20)9(6-13)4-5-14-11/h4-5,18H,7-8H2,1-3H3,(H,14,15). The van der Waals surface area contributed by atoms with E-state index in [0.717, 1.165) is 0 Å². The van der Waals surface area contributed by atoms with E-state index in [9.17, 15) is 15.2 Å². The Morgan fingerprint density at radius 2 is 2.30 bits per heavy atom. The van der Waals surface area contributed by atoms with E-state index in [4.69, 9.17) is 5.26 Å². The van der Waals surface area contributed by atoms with E-state index in [-0.39, 0.29) is 23.6 Å². The molecule has 0 aliphatic rings. The van der Waals surface area contributed by atoms with Gasteiger partial charge in [0.15, 0.2) is 0 Å². The van der Waals surface area contributed by atoms with E-state index in [2.05, 4.69) is 10.3 Å². The van der Waals surface area contributed by atoms with Crippen LogP contribution in [-0.2, 0) is 0 Å². The van der Waals surface area contributed by atoms with Crippen LogP contribution < -0.4 is 5.32 Å². The molecule has 0 saturated carbocycles. The Bertz CT molecular complexity index is 536. The molecule has 2 N–H and O–H groups in total. The van der Waals surface area contributed by atoms with Gasteiger partial charge < -0.3 is 15.3 Å². The lowest BCUT2D eigenvalue weighted by Crippen LogP contribution is -2.43. The highest BCUT2D eigenvalue weighted by Gasteiger charge is 2.25. The summed E-state index contributed by atoms with van der Waals surface area (Å²) in [5.41, 5.74) is -1.53. The van der Waals surface area contributed by atoms with Crippen molar-refractivity contribution in [3.8, 4) is 6.07 Å². The van der Waals surface area contributed by atoms with Gasteiger partial charge in [0.25, 0.3) is 0 Å². The van der Waals surface area contributed by atoms with Crippen LogP contribution in [0.15, 0.2) is 12.3 Å². The number of nitro groups is 1. The van der Waals surface area contributed by atoms with Crippen LogP contribution in [0.25, 0.3) is 0 Å². The van der Waals surface area contributed by atoms with Gasteiger partial charge in [0.1, 0.15) is 11.6 Å². The van der Waals surface area contributed by atoms with Gasteiger partial charge in [-0.05, 0) is 27.1 Å². The zero-order chi connectivity index (χ0) is 15.3. The third-order valence-electron chi connectivity index (χ3n) is 2.52. The quantitative estimate of drug-likeness (QED) is 0.578. The summed E-state index contributed by atoms with van der Waals surface area (Å²) in [4.78, 5) is 16.0. The van der Waals surface area contributed by atoms with E-state index in [1.165, 1.54) is 12.3 Å². The van der Waals surface area contributed by atoms with Crippen LogP contribution in [-0.4, -0.2) is 52.7 Å². The Kier molecular flexibility index (Phi) is 4.96. The van der Waals surface area contributed by atoms with Crippen LogP contribution in [0.4, 0.5) is 11.5 Å². The average Bonchev–Trinajstić information content (AvgIpc) is 2.34. The maximum atomic E-state index is 11.0. The molecular formula is C12H17N5O3. The first kappa shape index (κ1) is 15.8. The van der Waals surface area contributed by atoms with Crippen LogP contribution in [0.5, 0.6) is 0 Å². The lowest BCUT2D eigenvalue weighted by molar-refractivity contribution is -0.384. The number of pyridine rings is 1. The van der Waals surface area contributed by atoms with E-state index in [1.807, 2.05) is 14.1 Å². The third-order valence-corrected chi connectivity index (χ3v) is 2.52. The Hall–Kier alpha value is -2.24. The number of nitrogens with zero attached hydrogens (tertiary/aromatic N) is 4. The van der Waals surface area contributed by atoms with Gasteiger partial charge in [-0.2, -0.15) is 5.26 Å². The molecule has 1 heterocycles. The van der Waals surface area contributed by atoms with Crippen LogP contribution in [0.2, 0.25) is 0 Å². The zero-order valence-electron chi connectivity index (χ0n) is 11.6. The van der Waals surface area contributed by atoms with Gasteiger partial charge in [-0.1, -0.05) is 0 Å². The van der Waals surface area contributed by atoms with Crippen molar-refractivity contribution in [1.82, 2.24) is 9.88 Å². The van der Waals surface area contributed by atoms with Crippen molar-refractivity contribution in [2.75, 3.05) is 32.5 Å². The second kappa shape index (κ2) is 6.27. The first-order valence-corrected chi connectivity index (χ1v) is 5.91. The summed E-state index contributed by atoms with van der Waals surface area (Å²) in [5.74, 6) is -0.0203. The summed E-state index contributed by atoms with van der Waals surface area (Å²) in [7, 11) is 3.62. The summed E-state index contributed by atoms with van der Waals surface area (Å²) < 4.78 is 0. The van der Waals surface area contributed by atoms with Crippen molar-refractivity contribution in [2.45, 2.75) is 12.5 Å². The molecule has 0 radical (unpaired) electrons. The molecule has 1 unspecified atom stereocenters. The predicted molar refractivity (Wildman–Crippen MR) is 73.3 cm³/mol. The van der Waals surface area contributed by atoms with Gasteiger partial charge in [-0.15, -0.1) is 0 Å². The maximum absolute atomic E-state index is 11.0. The van der Waals surface area contributed by atoms with Gasteiger partial charge in [0.05, 0.1) is 10.5 Å². The number of aromatic nitrogens is 1. The largest absolute Gasteiger partial charge is 0.387 e. The minimum absolute atomic E-state index is 0.0203. The number of aliphatic hydroxyl groups is 1. The minimum atomic E-state index is -1.08. The fraction of sp³-hybridized carbons (Fsp3) is 0.500. The lowest BCUT2D eigenvalue weighted by Gasteiger charge is -2.27. The van der Waals surface area contributed by atoms with Crippen LogP contribution in [0, 0.1) is 21.4 Å². The van der Waals surface area contributed by atoms with Crippen LogP contribution in [0.3, 0.4) is 0 Å². The number of hydrogen-bond acceptors (Lipinski definition) is 7. The number of hydrogen-bond donors (Lipinski definition) is 2. The third kappa shape index (κ3) is 4.15. The van der Waals surface area contributed by atoms with E-state index in [1.54, 1.807) is 17.9 Å². The topological polar surface area (TPSA) is 115 Å². The van der Waals surface area contributed by atoms with Gasteiger partial charge in [-0.25, -0.2) is 4.98 Å². The summed E-state index contributed by atoms with van der Waals surface area (Å²) in [6.45, 7) is 2.07. The van der Waals surface area contributed by atoms with Crippen molar-refractivity contribution in [1.29, 1.82) is 5.26 Å². The molecule has 8 heteroatoms. The monoisotopic (exact) mass is 279 g/mol. The molecule has 0 bridgehead atoms. The molecule has 0 amide bonds. The van der Waals surface area contributed by atoms with E-state index in [0.29, 0.717) is 6.54 Å². The predicted octanol–water partition coefficient (Wildman–Crippen LogP) is 0.586. The van der Waals surface area contributed by atoms with Crippen LogP contribution in [0.1, 0.15) is 12.5 Å². The summed E-state index contributed by atoms with van der Waals surface area (Å²) in [5, 5.41) is 32.7. The number of likely N-dealkylation sites (N-methyl/N-ethyl adjacent to an activating group) is 1. The molecule has 0 spiro atoms. The second-order valence-electron chi connectivity index (χ2n) is 5.01. The average molecular weight is 279 g/mol. The molecule has 20 heavy (non-hydrogen) atoms. The molecule has 1 rings (SSSR count). The highest BCUT2D eigenvalue weighted by molar-refractivity contribution is 5.64. The van der Waals surface area contributed by atoms with Crippen molar-refractivity contribution < 1.29 is 10.0 Å². The number of nitrogens with one attached hydrogen (secondary N) is 1. The first-order chi connectivity index (χ1) is 9.26. The Morgan fingerprint density at radius 1 is 1.65 bits per heavy atom. The Morgan fingerprint density at radius 3 is 2.80 bits per heavy atom. The molecule has 1 aromatic heterocycles. The Balaban J connectivity index is 2.94. The van der Waals surface area contributed by atoms with Gasteiger partial charge >= 0.3 is 5.69 Å². The maximum Gasteiger partial charge on any atom is 0.328 e. The minimum Gasteiger partial charge on any atom is -0.387 e. The fourth-order valence-electron chi connectivity index (χ4n) is 1.87. The highest BCUT2D eigenvalue weighted by Crippen LogP contribution is 2.26. The van der Waals surface area contributed by atoms with E-state index >= 15 is 0 Å². The number of anilines is 1. The highest BCUT2D eigenvalue weighted by atomic mass is 16.6. The smallest absolute Gasteiger partial charge is 0.328 e. The SMILES string of the molecule is CN(C)CC(C)(O)CNc1nccc(C#N)c1[N+](=O)[O-]. The summed E-state index contributed by atoms with van der Waals surface area (Å²) >= 11 is 0. The van der Waals surface area contributed by atoms with Gasteiger partial charge in [-0.3, -0.25) is 10.1 Å². The van der Waals surface area contributed by atoms with Gasteiger partial charge in [0.2, 0.25) is 5.82 Å². The Labute approximate surface area is 116 Å². The first-order valence-electron chi connectivity index (χ1n) is 5.91. The van der Waals surface area contributed by atoms with Gasteiger partial charge in [0, 0.05) is 19.3 Å². The number of rotatable bonds is 6. The zero-order valence-corrected chi connectivity index (χ0v) is 11.6. The van der Waals surface area contributed by atoms with Crippen molar-refractivity contribution in [2.24, 2.45) is 0 Å². The molecule has 0 aliphatic carbocycles. The molecular weight excluding hydrogens is 262 g/mol. The normalized spacial score (nSPS) is 13.6. The molecule has 8 nitrogen and oxygen atoms in total. The summed E-state index contributed by atoms with van der Waals surface area (Å²) in [6.07, 6.45) is 1.31. The second-order valence-corrected chi connectivity index (χ2v) is 5.01.